The molecule has 0 aromatic rings. The Morgan fingerprint density at radius 1 is 0.373 bits per heavy atom. The molecule has 330 valence electrons. The highest BCUT2D eigenvalue weighted by molar-refractivity contribution is 5.72. The summed E-state index contributed by atoms with van der Waals surface area (Å²) < 4.78 is 16.5. The van der Waals surface area contributed by atoms with Gasteiger partial charge in [-0.2, -0.15) is 0 Å². The number of carbonyl (C=O) groups excluding carboxylic acids is 3. The first kappa shape index (κ1) is 54.8. The second kappa shape index (κ2) is 46.5. The Bertz CT molecular complexity index is 1300. The van der Waals surface area contributed by atoms with Crippen molar-refractivity contribution >= 4 is 17.9 Å². The van der Waals surface area contributed by atoms with E-state index in [9.17, 15) is 14.4 Å². The van der Waals surface area contributed by atoms with Crippen LogP contribution in [-0.4, -0.2) is 37.2 Å². The average molecular weight is 815 g/mol. The van der Waals surface area contributed by atoms with Crippen LogP contribution in [0.3, 0.4) is 0 Å². The normalized spacial score (nSPS) is 13.2. The molecule has 0 aliphatic heterocycles. The largest absolute Gasteiger partial charge is 0.462 e. The van der Waals surface area contributed by atoms with E-state index < -0.39 is 12.1 Å². The van der Waals surface area contributed by atoms with Gasteiger partial charge in [0, 0.05) is 12.8 Å². The van der Waals surface area contributed by atoms with E-state index >= 15 is 0 Å². The number of ether oxygens (including phenoxy) is 3. The summed E-state index contributed by atoms with van der Waals surface area (Å²) in [5.41, 5.74) is 0. The van der Waals surface area contributed by atoms with E-state index in [4.69, 9.17) is 14.2 Å². The van der Waals surface area contributed by atoms with Crippen LogP contribution in [-0.2, 0) is 28.6 Å². The minimum atomic E-state index is -0.854. The predicted octanol–water partition coefficient (Wildman–Crippen LogP) is 15.0. The smallest absolute Gasteiger partial charge is 0.310 e. The van der Waals surface area contributed by atoms with Gasteiger partial charge in [-0.3, -0.25) is 14.4 Å². The van der Waals surface area contributed by atoms with Crippen LogP contribution in [0.1, 0.15) is 175 Å². The summed E-state index contributed by atoms with van der Waals surface area (Å²) in [6.07, 6.45) is 63.6. The molecule has 0 fully saturated rings. The van der Waals surface area contributed by atoms with Crippen molar-refractivity contribution in [2.45, 2.75) is 181 Å². The molecule has 6 heteroatoms. The fraction of sp³-hybridized carbons (Fsp3) is 0.566. The lowest BCUT2D eigenvalue weighted by Gasteiger charge is -2.18. The average Bonchev–Trinajstić information content (AvgIpc) is 3.23. The van der Waals surface area contributed by atoms with Crippen molar-refractivity contribution in [3.63, 3.8) is 0 Å². The fourth-order valence-corrected chi connectivity index (χ4v) is 5.61. The number of rotatable bonds is 39. The Morgan fingerprint density at radius 2 is 0.712 bits per heavy atom. The molecule has 0 N–H and O–H groups in total. The topological polar surface area (TPSA) is 78.9 Å². The lowest BCUT2D eigenvalue weighted by atomic mass is 10.1. The zero-order valence-corrected chi connectivity index (χ0v) is 37.5. The van der Waals surface area contributed by atoms with Crippen LogP contribution in [0, 0.1) is 0 Å². The van der Waals surface area contributed by atoms with Gasteiger partial charge in [-0.05, 0) is 83.5 Å². The van der Waals surface area contributed by atoms with Crippen LogP contribution in [0.2, 0.25) is 0 Å². The highest BCUT2D eigenvalue weighted by atomic mass is 16.6. The number of carbonyl (C=O) groups is 3. The van der Waals surface area contributed by atoms with Gasteiger partial charge in [0.25, 0.3) is 0 Å². The molecule has 0 saturated heterocycles. The molecule has 0 aromatic carbocycles. The van der Waals surface area contributed by atoms with E-state index in [1.54, 1.807) is 6.08 Å². The van der Waals surface area contributed by atoms with E-state index in [1.165, 1.54) is 38.5 Å². The minimum Gasteiger partial charge on any atom is -0.462 e. The Hall–Kier alpha value is -4.19. The zero-order valence-electron chi connectivity index (χ0n) is 37.5. The van der Waals surface area contributed by atoms with E-state index in [0.29, 0.717) is 19.3 Å². The molecule has 0 aliphatic rings. The molecular weight excluding hydrogens is 733 g/mol. The Morgan fingerprint density at radius 3 is 1.12 bits per heavy atom. The molecule has 0 radical (unpaired) electrons. The van der Waals surface area contributed by atoms with Crippen LogP contribution >= 0.6 is 0 Å². The number of allylic oxidation sites excluding steroid dienone is 19. The maximum atomic E-state index is 12.7. The SMILES string of the molecule is CC/C=C\C/C=C\C/C=C\C/C=C\C/C=C\CCCC(=O)OCC(COC(=O)CCCCCCCCCCC)OC(=O)C/C=C\C/C=C\C/C=C\C/C=C\C/C=C\CC. The fourth-order valence-electron chi connectivity index (χ4n) is 5.61. The molecule has 0 amide bonds. The molecule has 0 heterocycles. The molecular formula is C53H82O6. The van der Waals surface area contributed by atoms with Gasteiger partial charge in [-0.1, -0.05) is 194 Å². The number of hydrogen-bond donors (Lipinski definition) is 0. The quantitative estimate of drug-likeness (QED) is 0.0266. The predicted molar refractivity (Wildman–Crippen MR) is 251 cm³/mol. The summed E-state index contributed by atoms with van der Waals surface area (Å²) in [5.74, 6) is -1.15. The molecule has 0 bridgehead atoms. The molecule has 0 rings (SSSR count). The monoisotopic (exact) mass is 815 g/mol. The molecule has 1 unspecified atom stereocenters. The Labute approximate surface area is 361 Å². The summed E-state index contributed by atoms with van der Waals surface area (Å²) in [4.78, 5) is 37.7. The lowest BCUT2D eigenvalue weighted by molar-refractivity contribution is -0.166. The van der Waals surface area contributed by atoms with Gasteiger partial charge < -0.3 is 14.2 Å². The van der Waals surface area contributed by atoms with Gasteiger partial charge in [0.15, 0.2) is 6.10 Å². The molecule has 6 nitrogen and oxygen atoms in total. The van der Waals surface area contributed by atoms with E-state index in [0.717, 1.165) is 83.5 Å². The number of unbranched alkanes of at least 4 members (excludes halogenated alkanes) is 9. The maximum absolute atomic E-state index is 12.7. The Balaban J connectivity index is 4.61. The number of hydrogen-bond acceptors (Lipinski definition) is 6. The summed E-state index contributed by atoms with van der Waals surface area (Å²) in [7, 11) is 0. The minimum absolute atomic E-state index is 0.0810. The molecule has 0 aliphatic carbocycles. The standard InChI is InChI=1S/C53H82O6/c1-4-7-10-13-16-19-21-23-25-26-28-29-31-34-37-40-43-46-52(55)58-49-50(48-57-51(54)45-42-39-36-33-18-15-12-9-6-3)59-53(56)47-44-41-38-35-32-30-27-24-22-20-17-14-11-8-5-2/h7-8,10-11,16-17,19-20,23-25,27-29,32,34-35,37,41,44,50H,4-6,9,12-15,18,21-22,26,30-31,33,36,38-40,42-43,45-49H2,1-3H3/b10-7-,11-8-,19-16-,20-17-,25-23-,27-24-,29-28-,35-32-,37-34-,44-41-. The first-order valence-corrected chi connectivity index (χ1v) is 23.0. The highest BCUT2D eigenvalue weighted by Gasteiger charge is 2.19. The maximum Gasteiger partial charge on any atom is 0.310 e. The first-order valence-electron chi connectivity index (χ1n) is 23.0. The molecule has 0 aromatic heterocycles. The van der Waals surface area contributed by atoms with Crippen LogP contribution in [0.4, 0.5) is 0 Å². The first-order chi connectivity index (χ1) is 29.0. The number of esters is 3. The third-order valence-corrected chi connectivity index (χ3v) is 8.99. The van der Waals surface area contributed by atoms with Gasteiger partial charge in [-0.25, -0.2) is 0 Å². The van der Waals surface area contributed by atoms with Crippen LogP contribution in [0.15, 0.2) is 122 Å². The molecule has 0 spiro atoms. The third kappa shape index (κ3) is 44.8. The second-order valence-electron chi connectivity index (χ2n) is 14.6. The van der Waals surface area contributed by atoms with Gasteiger partial charge in [0.05, 0.1) is 6.42 Å². The summed E-state index contributed by atoms with van der Waals surface area (Å²) >= 11 is 0. The van der Waals surface area contributed by atoms with E-state index in [2.05, 4.69) is 130 Å². The van der Waals surface area contributed by atoms with Gasteiger partial charge in [0.1, 0.15) is 13.2 Å². The van der Waals surface area contributed by atoms with Gasteiger partial charge in [-0.15, -0.1) is 0 Å². The van der Waals surface area contributed by atoms with Crippen molar-refractivity contribution in [3.05, 3.63) is 122 Å². The molecule has 59 heavy (non-hydrogen) atoms. The molecule has 0 saturated carbocycles. The van der Waals surface area contributed by atoms with Crippen LogP contribution in [0.5, 0.6) is 0 Å². The van der Waals surface area contributed by atoms with Crippen LogP contribution < -0.4 is 0 Å². The van der Waals surface area contributed by atoms with Crippen molar-refractivity contribution in [1.82, 2.24) is 0 Å². The summed E-state index contributed by atoms with van der Waals surface area (Å²) in [5, 5.41) is 0. The van der Waals surface area contributed by atoms with Gasteiger partial charge in [0.2, 0.25) is 0 Å². The van der Waals surface area contributed by atoms with Crippen molar-refractivity contribution < 1.29 is 28.6 Å². The van der Waals surface area contributed by atoms with Crippen molar-refractivity contribution in [1.29, 1.82) is 0 Å². The van der Waals surface area contributed by atoms with Crippen LogP contribution in [0.25, 0.3) is 0 Å². The molecule has 1 atom stereocenters. The summed E-state index contributed by atoms with van der Waals surface area (Å²) in [6, 6.07) is 0. The second-order valence-corrected chi connectivity index (χ2v) is 14.6. The van der Waals surface area contributed by atoms with Crippen molar-refractivity contribution in [2.75, 3.05) is 13.2 Å². The highest BCUT2D eigenvalue weighted by Crippen LogP contribution is 2.12. The van der Waals surface area contributed by atoms with Crippen molar-refractivity contribution in [3.8, 4) is 0 Å². The third-order valence-electron chi connectivity index (χ3n) is 8.99. The Kier molecular flexibility index (Phi) is 43.2. The van der Waals surface area contributed by atoms with E-state index in [1.807, 2.05) is 6.08 Å². The van der Waals surface area contributed by atoms with Gasteiger partial charge >= 0.3 is 17.9 Å². The zero-order chi connectivity index (χ0) is 43.0. The van der Waals surface area contributed by atoms with E-state index in [-0.39, 0.29) is 38.0 Å². The van der Waals surface area contributed by atoms with Crippen molar-refractivity contribution in [2.24, 2.45) is 0 Å². The summed E-state index contributed by atoms with van der Waals surface area (Å²) in [6.45, 7) is 6.22. The lowest BCUT2D eigenvalue weighted by Crippen LogP contribution is -2.30.